The van der Waals surface area contributed by atoms with E-state index in [1.807, 2.05) is 22.6 Å². The molecule has 0 saturated heterocycles. The Bertz CT molecular complexity index is 684. The minimum absolute atomic E-state index is 0.0115. The van der Waals surface area contributed by atoms with Gasteiger partial charge in [-0.3, -0.25) is 0 Å². The van der Waals surface area contributed by atoms with Crippen molar-refractivity contribution in [1.82, 2.24) is 9.97 Å². The van der Waals surface area contributed by atoms with Gasteiger partial charge in [-0.1, -0.05) is 11.6 Å². The molecule has 0 radical (unpaired) electrons. The van der Waals surface area contributed by atoms with Crippen molar-refractivity contribution < 1.29 is 13.9 Å². The first-order valence-corrected chi connectivity index (χ1v) is 7.38. The molecular formula is C11H6BrClFIN2O2. The molecule has 0 aliphatic carbocycles. The molecule has 0 atom stereocenters. The lowest BCUT2D eigenvalue weighted by Crippen LogP contribution is -2.10. The lowest BCUT2D eigenvalue weighted by molar-refractivity contribution is 0.0512. The van der Waals surface area contributed by atoms with Crippen LogP contribution in [-0.4, -0.2) is 22.5 Å². The van der Waals surface area contributed by atoms with Crippen molar-refractivity contribution in [2.24, 2.45) is 0 Å². The van der Waals surface area contributed by atoms with Gasteiger partial charge in [0, 0.05) is 8.96 Å². The van der Waals surface area contributed by atoms with Crippen molar-refractivity contribution in [2.45, 2.75) is 6.92 Å². The molecule has 0 aliphatic heterocycles. The molecule has 0 spiro atoms. The summed E-state index contributed by atoms with van der Waals surface area (Å²) in [6.07, 6.45) is 0. The number of rotatable bonds is 2. The molecule has 1 aromatic heterocycles. The molecule has 0 saturated carbocycles. The van der Waals surface area contributed by atoms with Crippen molar-refractivity contribution in [3.05, 3.63) is 30.9 Å². The van der Waals surface area contributed by atoms with Crippen LogP contribution in [0.25, 0.3) is 10.9 Å². The number of aromatic nitrogens is 2. The average molecular weight is 459 g/mol. The second-order valence-electron chi connectivity index (χ2n) is 3.44. The second kappa shape index (κ2) is 5.84. The minimum Gasteiger partial charge on any atom is -0.460 e. The standard InChI is InChI=1S/C11H6BrClFIN2O2/c1-2-19-11(18)10-16-8-4(9(13)17-10)3-5(15)6(12)7(8)14/h3H,2H2,1H3. The van der Waals surface area contributed by atoms with E-state index in [0.717, 1.165) is 0 Å². The lowest BCUT2D eigenvalue weighted by Gasteiger charge is -2.07. The fraction of sp³-hybridized carbons (Fsp3) is 0.182. The summed E-state index contributed by atoms with van der Waals surface area (Å²) in [5.74, 6) is -1.58. The third-order valence-corrected chi connectivity index (χ3v) is 4.89. The summed E-state index contributed by atoms with van der Waals surface area (Å²) in [6.45, 7) is 1.83. The number of nitrogens with zero attached hydrogens (tertiary/aromatic N) is 2. The van der Waals surface area contributed by atoms with Gasteiger partial charge in [0.05, 0.1) is 11.1 Å². The van der Waals surface area contributed by atoms with Gasteiger partial charge < -0.3 is 4.74 Å². The number of esters is 1. The van der Waals surface area contributed by atoms with Crippen LogP contribution < -0.4 is 0 Å². The SMILES string of the molecule is CCOC(=O)c1nc(Cl)c2cc(I)c(Br)c(F)c2n1. The lowest BCUT2D eigenvalue weighted by atomic mass is 10.2. The Morgan fingerprint density at radius 3 is 2.89 bits per heavy atom. The first-order valence-electron chi connectivity index (χ1n) is 5.13. The predicted octanol–water partition coefficient (Wildman–Crippen LogP) is 3.97. The van der Waals surface area contributed by atoms with Gasteiger partial charge in [-0.25, -0.2) is 19.2 Å². The highest BCUT2D eigenvalue weighted by molar-refractivity contribution is 14.1. The Kier molecular flexibility index (Phi) is 4.57. The van der Waals surface area contributed by atoms with Gasteiger partial charge in [0.1, 0.15) is 10.7 Å². The topological polar surface area (TPSA) is 52.1 Å². The maximum atomic E-state index is 14.1. The molecular weight excluding hydrogens is 453 g/mol. The van der Waals surface area contributed by atoms with E-state index in [1.165, 1.54) is 0 Å². The van der Waals surface area contributed by atoms with E-state index < -0.39 is 11.8 Å². The number of carbonyl (C=O) groups excluding carboxylic acids is 1. The molecule has 4 nitrogen and oxygen atoms in total. The van der Waals surface area contributed by atoms with Crippen LogP contribution in [0.2, 0.25) is 5.15 Å². The maximum Gasteiger partial charge on any atom is 0.376 e. The molecule has 0 fully saturated rings. The van der Waals surface area contributed by atoms with E-state index in [9.17, 15) is 9.18 Å². The summed E-state index contributed by atoms with van der Waals surface area (Å²) in [6, 6.07) is 1.64. The fourth-order valence-corrected chi connectivity index (χ4v) is 2.50. The molecule has 0 N–H and O–H groups in total. The highest BCUT2D eigenvalue weighted by Crippen LogP contribution is 2.31. The Balaban J connectivity index is 2.72. The van der Waals surface area contributed by atoms with Crippen LogP contribution in [-0.2, 0) is 4.74 Å². The smallest absolute Gasteiger partial charge is 0.376 e. The first kappa shape index (κ1) is 14.9. The number of fused-ring (bicyclic) bond motifs is 1. The van der Waals surface area contributed by atoms with Crippen LogP contribution in [0.5, 0.6) is 0 Å². The zero-order valence-corrected chi connectivity index (χ0v) is 14.0. The highest BCUT2D eigenvalue weighted by atomic mass is 127. The summed E-state index contributed by atoms with van der Waals surface area (Å²) in [4.78, 5) is 19.3. The third kappa shape index (κ3) is 2.82. The summed E-state index contributed by atoms with van der Waals surface area (Å²) in [5, 5.41) is 0.359. The summed E-state index contributed by atoms with van der Waals surface area (Å²) >= 11 is 11.0. The van der Waals surface area contributed by atoms with Crippen LogP contribution in [0.3, 0.4) is 0 Å². The fourth-order valence-electron chi connectivity index (χ4n) is 1.42. The number of carbonyl (C=O) groups is 1. The van der Waals surface area contributed by atoms with Crippen LogP contribution in [0.4, 0.5) is 4.39 Å². The number of ether oxygens (including phenoxy) is 1. The quantitative estimate of drug-likeness (QED) is 0.295. The largest absolute Gasteiger partial charge is 0.460 e. The number of hydrogen-bond acceptors (Lipinski definition) is 4. The molecule has 19 heavy (non-hydrogen) atoms. The van der Waals surface area contributed by atoms with Gasteiger partial charge in [0.25, 0.3) is 0 Å². The van der Waals surface area contributed by atoms with E-state index in [1.54, 1.807) is 13.0 Å². The van der Waals surface area contributed by atoms with Crippen molar-refractivity contribution in [3.63, 3.8) is 0 Å². The zero-order chi connectivity index (χ0) is 14.2. The Morgan fingerprint density at radius 2 is 2.26 bits per heavy atom. The number of halogens is 4. The van der Waals surface area contributed by atoms with Crippen LogP contribution in [0.15, 0.2) is 10.5 Å². The Hall–Kier alpha value is -0.540. The molecule has 0 bridgehead atoms. The van der Waals surface area contributed by atoms with Crippen molar-refractivity contribution >= 4 is 67.0 Å². The summed E-state index contributed by atoms with van der Waals surface area (Å²) in [7, 11) is 0. The van der Waals surface area contributed by atoms with E-state index in [-0.39, 0.29) is 27.6 Å². The van der Waals surface area contributed by atoms with Gasteiger partial charge in [-0.15, -0.1) is 0 Å². The number of benzene rings is 1. The Morgan fingerprint density at radius 1 is 1.58 bits per heavy atom. The molecule has 0 unspecified atom stereocenters. The number of hydrogen-bond donors (Lipinski definition) is 0. The molecule has 0 amide bonds. The van der Waals surface area contributed by atoms with Gasteiger partial charge in [-0.05, 0) is 51.5 Å². The van der Waals surface area contributed by atoms with Crippen LogP contribution in [0, 0.1) is 9.39 Å². The molecule has 100 valence electrons. The Labute approximate surface area is 135 Å². The normalized spacial score (nSPS) is 10.8. The van der Waals surface area contributed by atoms with Gasteiger partial charge >= 0.3 is 5.97 Å². The van der Waals surface area contributed by atoms with Gasteiger partial charge in [0.15, 0.2) is 5.82 Å². The van der Waals surface area contributed by atoms with E-state index >= 15 is 0 Å². The zero-order valence-electron chi connectivity index (χ0n) is 9.51. The van der Waals surface area contributed by atoms with Crippen molar-refractivity contribution in [1.29, 1.82) is 0 Å². The monoisotopic (exact) mass is 458 g/mol. The summed E-state index contributed by atoms with van der Waals surface area (Å²) < 4.78 is 19.8. The molecule has 1 heterocycles. The average Bonchev–Trinajstić information content (AvgIpc) is 2.37. The third-order valence-electron chi connectivity index (χ3n) is 2.24. The minimum atomic E-state index is -0.736. The maximum absolute atomic E-state index is 14.1. The van der Waals surface area contributed by atoms with Gasteiger partial charge in [-0.2, -0.15) is 0 Å². The van der Waals surface area contributed by atoms with Gasteiger partial charge in [0.2, 0.25) is 5.82 Å². The van der Waals surface area contributed by atoms with Crippen molar-refractivity contribution in [2.75, 3.05) is 6.61 Å². The predicted molar refractivity (Wildman–Crippen MR) is 80.9 cm³/mol. The van der Waals surface area contributed by atoms with E-state index in [2.05, 4.69) is 25.9 Å². The second-order valence-corrected chi connectivity index (χ2v) is 5.75. The van der Waals surface area contributed by atoms with Crippen LogP contribution >= 0.6 is 50.1 Å². The van der Waals surface area contributed by atoms with E-state index in [4.69, 9.17) is 16.3 Å². The summed E-state index contributed by atoms with van der Waals surface area (Å²) in [5.41, 5.74) is -0.0182. The molecule has 0 aliphatic rings. The first-order chi connectivity index (χ1) is 8.95. The molecule has 8 heteroatoms. The van der Waals surface area contributed by atoms with Crippen molar-refractivity contribution in [3.8, 4) is 0 Å². The molecule has 1 aromatic carbocycles. The molecule has 2 aromatic rings. The molecule has 2 rings (SSSR count). The highest BCUT2D eigenvalue weighted by Gasteiger charge is 2.19. The van der Waals surface area contributed by atoms with E-state index in [0.29, 0.717) is 8.96 Å². The van der Waals surface area contributed by atoms with Crippen LogP contribution in [0.1, 0.15) is 17.5 Å².